The van der Waals surface area contributed by atoms with E-state index >= 15 is 0 Å². The second-order valence-corrected chi connectivity index (χ2v) is 10.1. The van der Waals surface area contributed by atoms with E-state index in [1.165, 1.54) is 35.2 Å². The van der Waals surface area contributed by atoms with Gasteiger partial charge in [-0.3, -0.25) is 19.8 Å². The Morgan fingerprint density at radius 2 is 1.66 bits per heavy atom. The molecule has 4 aromatic rings. The number of aryl methyl sites for hydroxylation is 1. The molecule has 1 saturated heterocycles. The van der Waals surface area contributed by atoms with Crippen molar-refractivity contribution in [2.24, 2.45) is 0 Å². The number of amides is 2. The molecule has 2 amide bonds. The highest BCUT2D eigenvalue weighted by molar-refractivity contribution is 7.80. The van der Waals surface area contributed by atoms with Crippen LogP contribution in [0.15, 0.2) is 84.4 Å². The molecule has 1 aliphatic heterocycles. The van der Waals surface area contributed by atoms with E-state index in [0.717, 1.165) is 22.6 Å². The number of nitrogens with one attached hydrogen (secondary N) is 1. The van der Waals surface area contributed by atoms with Crippen molar-refractivity contribution in [1.82, 2.24) is 9.88 Å². The fourth-order valence-corrected chi connectivity index (χ4v) is 5.07. The molecule has 0 spiro atoms. The molecule has 206 valence electrons. The van der Waals surface area contributed by atoms with Crippen LogP contribution in [0, 0.1) is 13.8 Å². The molecular weight excluding hydrogens is 562 g/mol. The zero-order valence-electron chi connectivity index (χ0n) is 22.1. The molecule has 0 bridgehead atoms. The number of halogens is 1. The van der Waals surface area contributed by atoms with Gasteiger partial charge in [0.2, 0.25) is 0 Å². The number of carbonyl (C=O) groups excluding carboxylic acids is 2. The summed E-state index contributed by atoms with van der Waals surface area (Å²) in [5.74, 6) is -1.61. The summed E-state index contributed by atoms with van der Waals surface area (Å²) in [5, 5.41) is 12.3. The van der Waals surface area contributed by atoms with Gasteiger partial charge in [0, 0.05) is 27.7 Å². The van der Waals surface area contributed by atoms with E-state index in [0.29, 0.717) is 28.6 Å². The van der Waals surface area contributed by atoms with Gasteiger partial charge in [0.15, 0.2) is 5.11 Å². The molecule has 2 N–H and O–H groups in total. The Hall–Kier alpha value is -4.73. The number of nitrogens with zero attached hydrogens (tertiary/aromatic N) is 2. The predicted octanol–water partition coefficient (Wildman–Crippen LogP) is 5.86. The number of aromatic nitrogens is 1. The second-order valence-electron chi connectivity index (χ2n) is 9.35. The van der Waals surface area contributed by atoms with Gasteiger partial charge in [0.05, 0.1) is 11.3 Å². The minimum Gasteiger partial charge on any atom is -0.489 e. The number of ether oxygens (including phenoxy) is 1. The predicted molar refractivity (Wildman–Crippen MR) is 161 cm³/mol. The van der Waals surface area contributed by atoms with Gasteiger partial charge in [-0.15, -0.1) is 0 Å². The molecule has 1 aliphatic rings. The first-order valence-electron chi connectivity index (χ1n) is 12.5. The lowest BCUT2D eigenvalue weighted by atomic mass is 10.1. The van der Waals surface area contributed by atoms with Crippen LogP contribution in [0.4, 0.5) is 5.69 Å². The number of carbonyl (C=O) groups is 3. The highest BCUT2D eigenvalue weighted by atomic mass is 35.5. The van der Waals surface area contributed by atoms with Crippen LogP contribution in [0.2, 0.25) is 5.02 Å². The summed E-state index contributed by atoms with van der Waals surface area (Å²) < 4.78 is 7.91. The quantitative estimate of drug-likeness (QED) is 0.160. The third-order valence-corrected chi connectivity index (χ3v) is 7.34. The van der Waals surface area contributed by atoms with Crippen LogP contribution in [-0.4, -0.2) is 32.6 Å². The topological polar surface area (TPSA) is 101 Å². The zero-order valence-corrected chi connectivity index (χ0v) is 23.6. The molecule has 3 aromatic carbocycles. The second kappa shape index (κ2) is 11.4. The molecule has 0 unspecified atom stereocenters. The van der Waals surface area contributed by atoms with Gasteiger partial charge in [0.1, 0.15) is 17.9 Å². The summed E-state index contributed by atoms with van der Waals surface area (Å²) in [7, 11) is 0. The molecule has 2 heterocycles. The first-order chi connectivity index (χ1) is 19.6. The fraction of sp³-hybridized carbons (Fsp3) is 0.0968. The van der Waals surface area contributed by atoms with E-state index < -0.39 is 17.8 Å². The van der Waals surface area contributed by atoms with Crippen molar-refractivity contribution >= 4 is 58.5 Å². The van der Waals surface area contributed by atoms with Crippen molar-refractivity contribution in [3.8, 4) is 11.4 Å². The summed E-state index contributed by atoms with van der Waals surface area (Å²) in [5.41, 5.74) is 4.51. The van der Waals surface area contributed by atoms with Crippen LogP contribution in [0.3, 0.4) is 0 Å². The lowest BCUT2D eigenvalue weighted by Gasteiger charge is -2.29. The minimum atomic E-state index is -1.09. The van der Waals surface area contributed by atoms with Crippen molar-refractivity contribution in [2.45, 2.75) is 20.5 Å². The number of rotatable bonds is 7. The Bertz CT molecular complexity index is 1730. The Balaban J connectivity index is 1.39. The molecule has 0 aliphatic carbocycles. The van der Waals surface area contributed by atoms with E-state index in [2.05, 4.69) is 5.32 Å². The van der Waals surface area contributed by atoms with Crippen LogP contribution < -0.4 is 15.0 Å². The van der Waals surface area contributed by atoms with Gasteiger partial charge in [-0.2, -0.15) is 0 Å². The van der Waals surface area contributed by atoms with Crippen molar-refractivity contribution in [2.75, 3.05) is 4.90 Å². The smallest absolute Gasteiger partial charge is 0.335 e. The maximum Gasteiger partial charge on any atom is 0.335 e. The Labute approximate surface area is 246 Å². The maximum atomic E-state index is 13.4. The third-order valence-electron chi connectivity index (χ3n) is 6.69. The Morgan fingerprint density at radius 3 is 2.32 bits per heavy atom. The molecule has 5 rings (SSSR count). The first-order valence-corrected chi connectivity index (χ1v) is 13.3. The Morgan fingerprint density at radius 1 is 1.00 bits per heavy atom. The molecule has 0 radical (unpaired) electrons. The normalized spacial score (nSPS) is 14.4. The van der Waals surface area contributed by atoms with Gasteiger partial charge < -0.3 is 14.4 Å². The number of carboxylic acids is 1. The number of anilines is 1. The molecule has 10 heteroatoms. The zero-order chi connectivity index (χ0) is 29.3. The van der Waals surface area contributed by atoms with Crippen LogP contribution in [0.1, 0.15) is 32.9 Å². The van der Waals surface area contributed by atoms with Crippen molar-refractivity contribution < 1.29 is 24.2 Å². The summed E-state index contributed by atoms with van der Waals surface area (Å²) in [6, 6.07) is 22.7. The van der Waals surface area contributed by atoms with Crippen molar-refractivity contribution in [3.05, 3.63) is 118 Å². The maximum absolute atomic E-state index is 13.4. The summed E-state index contributed by atoms with van der Waals surface area (Å²) in [6.07, 6.45) is 1.54. The number of thiocarbonyl (C=S) groups is 1. The summed E-state index contributed by atoms with van der Waals surface area (Å²) in [4.78, 5) is 38.6. The number of benzene rings is 3. The van der Waals surface area contributed by atoms with Gasteiger partial charge in [-0.05, 0) is 98.4 Å². The largest absolute Gasteiger partial charge is 0.489 e. The Kier molecular flexibility index (Phi) is 7.74. The molecule has 8 nitrogen and oxygen atoms in total. The molecule has 0 saturated carbocycles. The highest BCUT2D eigenvalue weighted by Crippen LogP contribution is 2.27. The molecule has 0 atom stereocenters. The summed E-state index contributed by atoms with van der Waals surface area (Å²) >= 11 is 11.5. The number of hydrogen-bond acceptors (Lipinski definition) is 5. The summed E-state index contributed by atoms with van der Waals surface area (Å²) in [6.45, 7) is 4.18. The lowest BCUT2D eigenvalue weighted by Crippen LogP contribution is -2.54. The molecule has 1 aromatic heterocycles. The van der Waals surface area contributed by atoms with Gasteiger partial charge in [0.25, 0.3) is 11.8 Å². The number of hydrogen-bond donors (Lipinski definition) is 2. The van der Waals surface area contributed by atoms with Crippen LogP contribution in [0.25, 0.3) is 11.8 Å². The fourth-order valence-electron chi connectivity index (χ4n) is 4.60. The van der Waals surface area contributed by atoms with Crippen LogP contribution in [0.5, 0.6) is 5.75 Å². The van der Waals surface area contributed by atoms with Crippen molar-refractivity contribution in [3.63, 3.8) is 0 Å². The molecule has 1 fully saturated rings. The van der Waals surface area contributed by atoms with Gasteiger partial charge in [-0.25, -0.2) is 4.79 Å². The monoisotopic (exact) mass is 585 g/mol. The third kappa shape index (κ3) is 5.63. The van der Waals surface area contributed by atoms with E-state index in [4.69, 9.17) is 33.7 Å². The van der Waals surface area contributed by atoms with Gasteiger partial charge >= 0.3 is 5.97 Å². The van der Waals surface area contributed by atoms with E-state index in [1.807, 2.05) is 73.0 Å². The highest BCUT2D eigenvalue weighted by Gasteiger charge is 2.34. The molecular formula is C31H24ClN3O5S. The van der Waals surface area contributed by atoms with E-state index in [9.17, 15) is 14.4 Å². The number of aromatic carboxylic acids is 1. The average Bonchev–Trinajstić information content (AvgIpc) is 3.23. The lowest BCUT2D eigenvalue weighted by molar-refractivity contribution is -0.122. The first kappa shape index (κ1) is 27.8. The number of carboxylic acid groups (broad SMARTS) is 1. The van der Waals surface area contributed by atoms with Gasteiger partial charge in [-0.1, -0.05) is 29.8 Å². The SMILES string of the molecule is Cc1cc(/C=C2\C(=O)NC(=S)N(c3ccc(C(=O)O)cc3)C2=O)c(C)n1-c1ccc(OCc2ccccc2Cl)cc1. The molecule has 41 heavy (non-hydrogen) atoms. The standard InChI is InChI=1S/C31H24ClN3O5S/c1-18-15-22(16-26-28(36)33-31(41)35(29(26)37)24-9-7-20(8-10-24)30(38)39)19(2)34(18)23-11-13-25(14-12-23)40-17-21-5-3-4-6-27(21)32/h3-16H,17H2,1-2H3,(H,38,39)(H,33,36,41)/b26-16+. The van der Waals surface area contributed by atoms with Crippen LogP contribution in [-0.2, 0) is 16.2 Å². The van der Waals surface area contributed by atoms with E-state index in [-0.39, 0.29) is 16.2 Å². The van der Waals surface area contributed by atoms with E-state index in [1.54, 1.807) is 0 Å². The van der Waals surface area contributed by atoms with Crippen molar-refractivity contribution in [1.29, 1.82) is 0 Å². The minimum absolute atomic E-state index is 0.0663. The average molecular weight is 586 g/mol. The van der Waals surface area contributed by atoms with Crippen LogP contribution >= 0.6 is 23.8 Å².